The number of anilines is 1. The van der Waals surface area contributed by atoms with Crippen molar-refractivity contribution in [2.24, 2.45) is 0 Å². The fraction of sp³-hybridized carbons (Fsp3) is 0.300. The molecule has 9 heteroatoms. The molecular weight excluding hydrogens is 412 g/mol. The molecule has 0 atom stereocenters. The van der Waals surface area contributed by atoms with E-state index >= 15 is 0 Å². The number of hydrogen-bond donors (Lipinski definition) is 2. The summed E-state index contributed by atoms with van der Waals surface area (Å²) in [5.74, 6) is 0.592. The van der Waals surface area contributed by atoms with Crippen molar-refractivity contribution in [3.8, 4) is 5.75 Å². The zero-order valence-corrected chi connectivity index (χ0v) is 17.6. The van der Waals surface area contributed by atoms with E-state index in [-0.39, 0.29) is 28.9 Å². The highest BCUT2D eigenvalue weighted by molar-refractivity contribution is 7.99. The number of thioether (sulfide) groups is 1. The van der Waals surface area contributed by atoms with Gasteiger partial charge in [-0.15, -0.1) is 11.8 Å². The van der Waals surface area contributed by atoms with Crippen molar-refractivity contribution >= 4 is 39.1 Å². The molecule has 29 heavy (non-hydrogen) atoms. The van der Waals surface area contributed by atoms with E-state index in [9.17, 15) is 18.0 Å². The van der Waals surface area contributed by atoms with Crippen LogP contribution in [-0.4, -0.2) is 38.8 Å². The number of methoxy groups -OCH3 is 1. The second-order valence-corrected chi connectivity index (χ2v) is 9.74. The molecule has 7 nitrogen and oxygen atoms in total. The minimum atomic E-state index is -3.65. The van der Waals surface area contributed by atoms with E-state index < -0.39 is 9.84 Å². The van der Waals surface area contributed by atoms with Gasteiger partial charge in [0.15, 0.2) is 9.84 Å². The Morgan fingerprint density at radius 3 is 2.69 bits per heavy atom. The van der Waals surface area contributed by atoms with Gasteiger partial charge in [-0.25, -0.2) is 8.42 Å². The molecule has 2 aromatic rings. The highest BCUT2D eigenvalue weighted by Gasteiger charge is 2.20. The van der Waals surface area contributed by atoms with Gasteiger partial charge in [-0.3, -0.25) is 9.59 Å². The second kappa shape index (κ2) is 9.32. The fourth-order valence-corrected chi connectivity index (χ4v) is 4.97. The lowest BCUT2D eigenvalue weighted by Crippen LogP contribution is -2.25. The molecule has 0 aromatic heterocycles. The van der Waals surface area contributed by atoms with Crippen LogP contribution >= 0.6 is 11.8 Å². The number of fused-ring (bicyclic) bond motifs is 1. The van der Waals surface area contributed by atoms with Crippen molar-refractivity contribution < 1.29 is 22.7 Å². The number of amides is 2. The summed E-state index contributed by atoms with van der Waals surface area (Å²) in [6.07, 6.45) is 0.243. The third-order valence-corrected chi connectivity index (χ3v) is 7.21. The molecule has 0 fully saturated rings. The summed E-state index contributed by atoms with van der Waals surface area (Å²) < 4.78 is 30.3. The summed E-state index contributed by atoms with van der Waals surface area (Å²) in [6, 6.07) is 11.9. The average Bonchev–Trinajstić information content (AvgIpc) is 2.91. The number of carbonyl (C=O) groups excluding carboxylic acids is 2. The van der Waals surface area contributed by atoms with Gasteiger partial charge < -0.3 is 15.4 Å². The summed E-state index contributed by atoms with van der Waals surface area (Å²) in [4.78, 5) is 24.7. The predicted octanol–water partition coefficient (Wildman–Crippen LogP) is 2.61. The lowest BCUT2D eigenvalue weighted by atomic mass is 10.2. The largest absolute Gasteiger partial charge is 0.497 e. The van der Waals surface area contributed by atoms with Crippen LogP contribution in [0.1, 0.15) is 18.4 Å². The maximum atomic E-state index is 12.6. The van der Waals surface area contributed by atoms with E-state index in [0.29, 0.717) is 24.4 Å². The van der Waals surface area contributed by atoms with Crippen molar-refractivity contribution in [3.63, 3.8) is 0 Å². The molecule has 0 saturated heterocycles. The molecular formula is C20H22N2O5S2. The van der Waals surface area contributed by atoms with Crippen LogP contribution in [0.4, 0.5) is 5.69 Å². The number of ether oxygens (including phenoxy) is 1. The first kappa shape index (κ1) is 21.2. The Morgan fingerprint density at radius 1 is 1.21 bits per heavy atom. The van der Waals surface area contributed by atoms with Crippen LogP contribution in [0, 0.1) is 0 Å². The number of rotatable bonds is 7. The highest BCUT2D eigenvalue weighted by atomic mass is 32.2. The zero-order chi connectivity index (χ0) is 20.9. The third-order valence-electron chi connectivity index (χ3n) is 4.42. The third kappa shape index (κ3) is 5.74. The zero-order valence-electron chi connectivity index (χ0n) is 15.9. The van der Waals surface area contributed by atoms with Gasteiger partial charge in [0.2, 0.25) is 11.8 Å². The molecule has 0 bridgehead atoms. The quantitative estimate of drug-likeness (QED) is 0.695. The molecule has 154 valence electrons. The smallest absolute Gasteiger partial charge is 0.225 e. The molecule has 0 unspecified atom stereocenters. The van der Waals surface area contributed by atoms with Gasteiger partial charge in [0.05, 0.1) is 23.4 Å². The van der Waals surface area contributed by atoms with Crippen LogP contribution in [0.25, 0.3) is 0 Å². The number of sulfone groups is 1. The molecule has 2 aromatic carbocycles. The minimum Gasteiger partial charge on any atom is -0.497 e. The summed E-state index contributed by atoms with van der Waals surface area (Å²) in [5, 5.41) is 5.45. The Hall–Kier alpha value is -2.52. The summed E-state index contributed by atoms with van der Waals surface area (Å²) in [7, 11) is -2.07. The molecule has 0 saturated carbocycles. The van der Waals surface area contributed by atoms with Crippen LogP contribution in [0.3, 0.4) is 0 Å². The summed E-state index contributed by atoms with van der Waals surface area (Å²) in [6.45, 7) is 0.310. The standard InChI is InChI=1S/C20H22N2O5S2/c1-27-15-4-2-14(3-5-15)13-21-19(23)9-11-29(25,26)16-6-7-18-17(12-16)22-20(24)8-10-28-18/h2-7,12H,8-11,13H2,1H3,(H,21,23)(H,22,24). The topological polar surface area (TPSA) is 102 Å². The molecule has 2 N–H and O–H groups in total. The monoisotopic (exact) mass is 434 g/mol. The van der Waals surface area contributed by atoms with Crippen molar-refractivity contribution in [1.82, 2.24) is 5.32 Å². The first-order valence-electron chi connectivity index (χ1n) is 9.06. The molecule has 1 aliphatic heterocycles. The number of hydrogen-bond acceptors (Lipinski definition) is 6. The number of benzene rings is 2. The van der Waals surface area contributed by atoms with Crippen molar-refractivity contribution in [3.05, 3.63) is 48.0 Å². The van der Waals surface area contributed by atoms with Crippen molar-refractivity contribution in [2.45, 2.75) is 29.2 Å². The Labute approximate surface area is 174 Å². The van der Waals surface area contributed by atoms with Gasteiger partial charge in [-0.05, 0) is 35.9 Å². The molecule has 2 amide bonds. The molecule has 0 aliphatic carbocycles. The summed E-state index contributed by atoms with van der Waals surface area (Å²) >= 11 is 1.51. The Kier molecular flexibility index (Phi) is 6.81. The first-order valence-corrected chi connectivity index (χ1v) is 11.7. The van der Waals surface area contributed by atoms with Gasteiger partial charge in [0, 0.05) is 30.0 Å². The Morgan fingerprint density at radius 2 is 1.97 bits per heavy atom. The average molecular weight is 435 g/mol. The minimum absolute atomic E-state index is 0.0991. The van der Waals surface area contributed by atoms with E-state index in [2.05, 4.69) is 10.6 Å². The van der Waals surface area contributed by atoms with Crippen LogP contribution in [0.2, 0.25) is 0 Å². The molecule has 1 heterocycles. The normalized spacial score (nSPS) is 13.8. The second-order valence-electron chi connectivity index (χ2n) is 6.50. The number of carbonyl (C=O) groups is 2. The SMILES string of the molecule is COc1ccc(CNC(=O)CCS(=O)(=O)c2ccc3c(c2)NC(=O)CCS3)cc1. The fourth-order valence-electron chi connectivity index (χ4n) is 2.77. The maximum absolute atomic E-state index is 12.6. The van der Waals surface area contributed by atoms with Gasteiger partial charge >= 0.3 is 0 Å². The van der Waals surface area contributed by atoms with E-state index in [1.165, 1.54) is 23.9 Å². The van der Waals surface area contributed by atoms with Crippen LogP contribution in [0.5, 0.6) is 5.75 Å². The lowest BCUT2D eigenvalue weighted by molar-refractivity contribution is -0.121. The van der Waals surface area contributed by atoms with Gasteiger partial charge in [0.1, 0.15) is 5.75 Å². The van der Waals surface area contributed by atoms with E-state index in [1.807, 2.05) is 12.1 Å². The van der Waals surface area contributed by atoms with E-state index in [0.717, 1.165) is 16.2 Å². The molecule has 3 rings (SSSR count). The Balaban J connectivity index is 1.57. The summed E-state index contributed by atoms with van der Waals surface area (Å²) in [5.41, 5.74) is 1.39. The van der Waals surface area contributed by atoms with Gasteiger partial charge in [0.25, 0.3) is 0 Å². The first-order chi connectivity index (χ1) is 13.9. The van der Waals surface area contributed by atoms with Gasteiger partial charge in [-0.1, -0.05) is 12.1 Å². The van der Waals surface area contributed by atoms with Crippen LogP contribution < -0.4 is 15.4 Å². The van der Waals surface area contributed by atoms with Crippen LogP contribution in [0.15, 0.2) is 52.3 Å². The highest BCUT2D eigenvalue weighted by Crippen LogP contribution is 2.32. The molecule has 0 spiro atoms. The molecule has 1 aliphatic rings. The van der Waals surface area contributed by atoms with Crippen molar-refractivity contribution in [2.75, 3.05) is 23.9 Å². The van der Waals surface area contributed by atoms with E-state index in [4.69, 9.17) is 4.74 Å². The van der Waals surface area contributed by atoms with Crippen LogP contribution in [-0.2, 0) is 26.0 Å². The number of nitrogens with one attached hydrogen (secondary N) is 2. The lowest BCUT2D eigenvalue weighted by Gasteiger charge is -2.10. The maximum Gasteiger partial charge on any atom is 0.225 e. The predicted molar refractivity (Wildman–Crippen MR) is 112 cm³/mol. The molecule has 0 radical (unpaired) electrons. The van der Waals surface area contributed by atoms with E-state index in [1.54, 1.807) is 25.3 Å². The Bertz CT molecular complexity index is 1000. The van der Waals surface area contributed by atoms with Gasteiger partial charge in [-0.2, -0.15) is 0 Å². The van der Waals surface area contributed by atoms with Crippen molar-refractivity contribution in [1.29, 1.82) is 0 Å².